The maximum absolute atomic E-state index is 5.95. The second kappa shape index (κ2) is 6.67. The molecule has 2 aliphatic rings. The van der Waals surface area contributed by atoms with E-state index >= 15 is 0 Å². The maximum atomic E-state index is 5.95. The van der Waals surface area contributed by atoms with Gasteiger partial charge in [-0.3, -0.25) is 4.90 Å². The van der Waals surface area contributed by atoms with Gasteiger partial charge in [0.05, 0.1) is 13.2 Å². The molecule has 1 aromatic rings. The molecule has 1 saturated heterocycles. The summed E-state index contributed by atoms with van der Waals surface area (Å²) in [6.07, 6.45) is 3.42. The lowest BCUT2D eigenvalue weighted by molar-refractivity contribution is 0.115. The summed E-state index contributed by atoms with van der Waals surface area (Å²) in [5.41, 5.74) is 7.24. The van der Waals surface area contributed by atoms with Crippen LogP contribution in [0.15, 0.2) is 18.2 Å². The molecule has 2 N–H and O–H groups in total. The number of hydrogen-bond acceptors (Lipinski definition) is 4. The minimum atomic E-state index is 0.504. The van der Waals surface area contributed by atoms with Gasteiger partial charge >= 0.3 is 0 Å². The van der Waals surface area contributed by atoms with Gasteiger partial charge in [-0.1, -0.05) is 13.0 Å². The van der Waals surface area contributed by atoms with E-state index < -0.39 is 0 Å². The van der Waals surface area contributed by atoms with Gasteiger partial charge < -0.3 is 15.2 Å². The molecular weight excluding hydrogens is 264 g/mol. The number of rotatable bonds is 3. The van der Waals surface area contributed by atoms with Crippen molar-refractivity contribution in [2.24, 2.45) is 11.7 Å². The monoisotopic (exact) mass is 290 g/mol. The molecule has 2 unspecified atom stereocenters. The molecule has 4 nitrogen and oxygen atoms in total. The van der Waals surface area contributed by atoms with Gasteiger partial charge in [-0.15, -0.1) is 0 Å². The van der Waals surface area contributed by atoms with Crippen LogP contribution in [-0.4, -0.2) is 37.2 Å². The van der Waals surface area contributed by atoms with Gasteiger partial charge in [-0.2, -0.15) is 0 Å². The first kappa shape index (κ1) is 14.7. The Kier molecular flexibility index (Phi) is 4.66. The van der Waals surface area contributed by atoms with Crippen LogP contribution in [0.5, 0.6) is 11.5 Å². The Morgan fingerprint density at radius 2 is 2.05 bits per heavy atom. The summed E-state index contributed by atoms with van der Waals surface area (Å²) < 4.78 is 11.5. The van der Waals surface area contributed by atoms with Crippen LogP contribution in [-0.2, 0) is 6.54 Å². The van der Waals surface area contributed by atoms with E-state index in [1.54, 1.807) is 0 Å². The van der Waals surface area contributed by atoms with Crippen LogP contribution in [0, 0.1) is 5.92 Å². The van der Waals surface area contributed by atoms with E-state index in [9.17, 15) is 0 Å². The fourth-order valence-electron chi connectivity index (χ4n) is 3.29. The van der Waals surface area contributed by atoms with Crippen molar-refractivity contribution in [3.63, 3.8) is 0 Å². The molecule has 0 saturated carbocycles. The van der Waals surface area contributed by atoms with Crippen molar-refractivity contribution in [1.82, 2.24) is 4.90 Å². The van der Waals surface area contributed by atoms with Crippen molar-refractivity contribution in [3.05, 3.63) is 23.8 Å². The topological polar surface area (TPSA) is 47.7 Å². The number of benzene rings is 1. The van der Waals surface area contributed by atoms with Crippen molar-refractivity contribution in [2.75, 3.05) is 26.3 Å². The Morgan fingerprint density at radius 3 is 2.86 bits per heavy atom. The molecule has 1 fully saturated rings. The molecule has 0 aromatic heterocycles. The maximum Gasteiger partial charge on any atom is 0.161 e. The number of ether oxygens (including phenoxy) is 2. The lowest BCUT2D eigenvalue weighted by Crippen LogP contribution is -2.45. The molecule has 116 valence electrons. The largest absolute Gasteiger partial charge is 0.490 e. The molecule has 1 aromatic carbocycles. The SMILES string of the molecule is CC1CCN(Cc2ccc3c(c2)OCCCO3)C(CN)C1. The average Bonchev–Trinajstić information content (AvgIpc) is 2.74. The summed E-state index contributed by atoms with van der Waals surface area (Å²) >= 11 is 0. The van der Waals surface area contributed by atoms with Gasteiger partial charge in [0.1, 0.15) is 0 Å². The van der Waals surface area contributed by atoms with E-state index in [-0.39, 0.29) is 0 Å². The van der Waals surface area contributed by atoms with Crippen molar-refractivity contribution >= 4 is 0 Å². The molecule has 0 aliphatic carbocycles. The van der Waals surface area contributed by atoms with E-state index in [2.05, 4.69) is 24.0 Å². The molecule has 2 heterocycles. The molecular formula is C17H26N2O2. The number of likely N-dealkylation sites (tertiary alicyclic amines) is 1. The smallest absolute Gasteiger partial charge is 0.161 e. The van der Waals surface area contributed by atoms with Crippen LogP contribution in [0.2, 0.25) is 0 Å². The third kappa shape index (κ3) is 3.50. The molecule has 0 amide bonds. The van der Waals surface area contributed by atoms with Gasteiger partial charge in [0.15, 0.2) is 11.5 Å². The first-order valence-electron chi connectivity index (χ1n) is 8.09. The zero-order valence-corrected chi connectivity index (χ0v) is 12.9. The van der Waals surface area contributed by atoms with Crippen molar-refractivity contribution in [1.29, 1.82) is 0 Å². The van der Waals surface area contributed by atoms with E-state index in [0.717, 1.165) is 56.7 Å². The predicted molar refractivity (Wildman–Crippen MR) is 83.7 cm³/mol. The Morgan fingerprint density at radius 1 is 1.24 bits per heavy atom. The third-order valence-electron chi connectivity index (χ3n) is 4.57. The summed E-state index contributed by atoms with van der Waals surface area (Å²) in [7, 11) is 0. The van der Waals surface area contributed by atoms with Crippen LogP contribution in [0.4, 0.5) is 0 Å². The quantitative estimate of drug-likeness (QED) is 0.928. The zero-order chi connectivity index (χ0) is 14.7. The van der Waals surface area contributed by atoms with Gasteiger partial charge in [0.25, 0.3) is 0 Å². The Labute approximate surface area is 127 Å². The summed E-state index contributed by atoms with van der Waals surface area (Å²) in [5, 5.41) is 0. The summed E-state index contributed by atoms with van der Waals surface area (Å²) in [6, 6.07) is 6.83. The predicted octanol–water partition coefficient (Wildman–Crippen LogP) is 2.41. The number of hydrogen-bond donors (Lipinski definition) is 1. The molecule has 2 aliphatic heterocycles. The molecule has 4 heteroatoms. The van der Waals surface area contributed by atoms with Crippen LogP contribution in [0.3, 0.4) is 0 Å². The third-order valence-corrected chi connectivity index (χ3v) is 4.57. The number of nitrogens with two attached hydrogens (primary N) is 1. The van der Waals surface area contributed by atoms with E-state index in [1.165, 1.54) is 18.4 Å². The minimum absolute atomic E-state index is 0.504. The van der Waals surface area contributed by atoms with E-state index in [0.29, 0.717) is 6.04 Å². The number of piperidine rings is 1. The summed E-state index contributed by atoms with van der Waals surface area (Å²) in [5.74, 6) is 2.55. The number of fused-ring (bicyclic) bond motifs is 1. The van der Waals surface area contributed by atoms with E-state index in [1.807, 2.05) is 6.07 Å². The average molecular weight is 290 g/mol. The molecule has 3 rings (SSSR count). The normalized spacial score (nSPS) is 26.4. The highest BCUT2D eigenvalue weighted by Gasteiger charge is 2.25. The molecule has 21 heavy (non-hydrogen) atoms. The van der Waals surface area contributed by atoms with Crippen molar-refractivity contribution in [3.8, 4) is 11.5 Å². The van der Waals surface area contributed by atoms with Crippen LogP contribution >= 0.6 is 0 Å². The van der Waals surface area contributed by atoms with Gasteiger partial charge in [-0.25, -0.2) is 0 Å². The second-order valence-electron chi connectivity index (χ2n) is 6.32. The first-order valence-corrected chi connectivity index (χ1v) is 8.09. The van der Waals surface area contributed by atoms with Gasteiger partial charge in [-0.05, 0) is 43.0 Å². The summed E-state index contributed by atoms with van der Waals surface area (Å²) in [6.45, 7) is 6.64. The molecule has 0 radical (unpaired) electrons. The fraction of sp³-hybridized carbons (Fsp3) is 0.647. The zero-order valence-electron chi connectivity index (χ0n) is 12.9. The molecule has 2 atom stereocenters. The highest BCUT2D eigenvalue weighted by molar-refractivity contribution is 5.43. The molecule has 0 spiro atoms. The minimum Gasteiger partial charge on any atom is -0.490 e. The van der Waals surface area contributed by atoms with Crippen LogP contribution in [0.1, 0.15) is 31.7 Å². The van der Waals surface area contributed by atoms with Crippen LogP contribution in [0.25, 0.3) is 0 Å². The molecule has 0 bridgehead atoms. The van der Waals surface area contributed by atoms with E-state index in [4.69, 9.17) is 15.2 Å². The van der Waals surface area contributed by atoms with Crippen molar-refractivity contribution < 1.29 is 9.47 Å². The Hall–Kier alpha value is -1.26. The van der Waals surface area contributed by atoms with Crippen molar-refractivity contribution in [2.45, 2.75) is 38.8 Å². The second-order valence-corrected chi connectivity index (χ2v) is 6.32. The summed E-state index contributed by atoms with van der Waals surface area (Å²) in [4.78, 5) is 2.51. The highest BCUT2D eigenvalue weighted by atomic mass is 16.5. The van der Waals surface area contributed by atoms with Crippen LogP contribution < -0.4 is 15.2 Å². The number of nitrogens with zero attached hydrogens (tertiary/aromatic N) is 1. The Bertz CT molecular complexity index is 478. The van der Waals surface area contributed by atoms with Gasteiger partial charge in [0, 0.05) is 25.6 Å². The first-order chi connectivity index (χ1) is 10.3. The Balaban J connectivity index is 1.71. The highest BCUT2D eigenvalue weighted by Crippen LogP contribution is 2.31. The standard InChI is InChI=1S/C17H26N2O2/c1-13-5-6-19(15(9-13)11-18)12-14-3-4-16-17(10-14)21-8-2-7-20-16/h3-4,10,13,15H,2,5-9,11-12,18H2,1H3. The van der Waals surface area contributed by atoms with Gasteiger partial charge in [0.2, 0.25) is 0 Å². The lowest BCUT2D eigenvalue weighted by atomic mass is 9.92. The lowest BCUT2D eigenvalue weighted by Gasteiger charge is -2.38. The fourth-order valence-corrected chi connectivity index (χ4v) is 3.29.